The lowest BCUT2D eigenvalue weighted by molar-refractivity contribution is 0.283. The molecular weight excluding hydrogens is 274 g/mol. The van der Waals surface area contributed by atoms with Crippen molar-refractivity contribution < 1.29 is 5.11 Å². The minimum absolute atomic E-state index is 0.0708. The van der Waals surface area contributed by atoms with Gasteiger partial charge in [-0.05, 0) is 12.3 Å². The highest BCUT2D eigenvalue weighted by Gasteiger charge is 2.23. The number of rotatable bonds is 4. The average Bonchev–Trinajstić information content (AvgIpc) is 3.11. The Morgan fingerprint density at radius 3 is 3.05 bits per heavy atom. The number of anilines is 1. The summed E-state index contributed by atoms with van der Waals surface area (Å²) >= 11 is 1.59. The minimum Gasteiger partial charge on any atom is -0.391 e. The van der Waals surface area contributed by atoms with Crippen molar-refractivity contribution >= 4 is 16.5 Å². The summed E-state index contributed by atoms with van der Waals surface area (Å²) in [5, 5.41) is 18.6. The van der Waals surface area contributed by atoms with Crippen LogP contribution in [0.3, 0.4) is 0 Å². The van der Waals surface area contributed by atoms with Gasteiger partial charge in [-0.3, -0.25) is 0 Å². The van der Waals surface area contributed by atoms with Crippen molar-refractivity contribution in [3.05, 3.63) is 22.7 Å². The SMILES string of the molecule is CCC(C)c1nc(N2CCn3cnnc3C2)sc1CO. The van der Waals surface area contributed by atoms with Crippen molar-refractivity contribution in [3.63, 3.8) is 0 Å². The molecule has 0 aromatic carbocycles. The van der Waals surface area contributed by atoms with Gasteiger partial charge in [0, 0.05) is 13.1 Å². The van der Waals surface area contributed by atoms with Crippen LogP contribution in [0.1, 0.15) is 42.6 Å². The molecule has 0 amide bonds. The Balaban J connectivity index is 1.86. The van der Waals surface area contributed by atoms with Crippen LogP contribution in [0.25, 0.3) is 0 Å². The molecule has 1 unspecified atom stereocenters. The summed E-state index contributed by atoms with van der Waals surface area (Å²) in [5.41, 5.74) is 1.04. The second kappa shape index (κ2) is 5.49. The van der Waals surface area contributed by atoms with Gasteiger partial charge >= 0.3 is 0 Å². The number of nitrogens with zero attached hydrogens (tertiary/aromatic N) is 5. The smallest absolute Gasteiger partial charge is 0.186 e. The molecule has 2 aromatic heterocycles. The summed E-state index contributed by atoms with van der Waals surface area (Å²) in [5.74, 6) is 1.36. The maximum atomic E-state index is 9.52. The summed E-state index contributed by atoms with van der Waals surface area (Å²) in [6.45, 7) is 6.90. The summed E-state index contributed by atoms with van der Waals surface area (Å²) in [4.78, 5) is 7.97. The molecule has 1 aliphatic heterocycles. The van der Waals surface area contributed by atoms with E-state index in [-0.39, 0.29) is 6.61 Å². The van der Waals surface area contributed by atoms with Crippen LogP contribution < -0.4 is 4.90 Å². The van der Waals surface area contributed by atoms with Crippen molar-refractivity contribution in [1.82, 2.24) is 19.7 Å². The highest BCUT2D eigenvalue weighted by atomic mass is 32.1. The summed E-state index contributed by atoms with van der Waals surface area (Å²) in [7, 11) is 0. The number of fused-ring (bicyclic) bond motifs is 1. The number of hydrogen-bond donors (Lipinski definition) is 1. The van der Waals surface area contributed by atoms with Gasteiger partial charge < -0.3 is 14.6 Å². The number of thiazole rings is 1. The third-order valence-corrected chi connectivity index (χ3v) is 4.97. The van der Waals surface area contributed by atoms with Crippen molar-refractivity contribution in [2.24, 2.45) is 0 Å². The van der Waals surface area contributed by atoms with E-state index in [2.05, 4.69) is 33.5 Å². The average molecular weight is 293 g/mol. The van der Waals surface area contributed by atoms with Gasteiger partial charge in [-0.15, -0.1) is 10.2 Å². The molecule has 1 aliphatic rings. The fourth-order valence-electron chi connectivity index (χ4n) is 2.41. The van der Waals surface area contributed by atoms with E-state index in [4.69, 9.17) is 4.98 Å². The van der Waals surface area contributed by atoms with Crippen LogP contribution >= 0.6 is 11.3 Å². The first-order chi connectivity index (χ1) is 9.72. The zero-order valence-electron chi connectivity index (χ0n) is 11.8. The monoisotopic (exact) mass is 293 g/mol. The first kappa shape index (κ1) is 13.5. The van der Waals surface area contributed by atoms with Gasteiger partial charge in [0.1, 0.15) is 6.33 Å². The van der Waals surface area contributed by atoms with Gasteiger partial charge in [-0.1, -0.05) is 25.2 Å². The lowest BCUT2D eigenvalue weighted by Gasteiger charge is -2.26. The molecule has 1 atom stereocenters. The van der Waals surface area contributed by atoms with Gasteiger partial charge in [-0.2, -0.15) is 0 Å². The summed E-state index contributed by atoms with van der Waals surface area (Å²) in [6, 6.07) is 0. The highest BCUT2D eigenvalue weighted by Crippen LogP contribution is 2.33. The molecule has 6 nitrogen and oxygen atoms in total. The Bertz CT molecular complexity index is 593. The Labute approximate surface area is 122 Å². The van der Waals surface area contributed by atoms with Crippen molar-refractivity contribution in [2.75, 3.05) is 11.4 Å². The van der Waals surface area contributed by atoms with Gasteiger partial charge in [0.05, 0.1) is 23.7 Å². The second-order valence-electron chi connectivity index (χ2n) is 5.13. The van der Waals surface area contributed by atoms with E-state index in [1.54, 1.807) is 17.7 Å². The molecule has 2 aromatic rings. The maximum absolute atomic E-state index is 9.52. The van der Waals surface area contributed by atoms with E-state index in [0.29, 0.717) is 5.92 Å². The minimum atomic E-state index is 0.0708. The molecular formula is C13H19N5OS. The molecule has 0 aliphatic carbocycles. The topological polar surface area (TPSA) is 67.1 Å². The first-order valence-corrected chi connectivity index (χ1v) is 7.76. The molecule has 0 saturated carbocycles. The third-order valence-electron chi connectivity index (χ3n) is 3.85. The maximum Gasteiger partial charge on any atom is 0.186 e. The quantitative estimate of drug-likeness (QED) is 0.930. The van der Waals surface area contributed by atoms with E-state index in [9.17, 15) is 5.11 Å². The number of aromatic nitrogens is 4. The second-order valence-corrected chi connectivity index (χ2v) is 6.20. The van der Waals surface area contributed by atoms with E-state index in [0.717, 1.165) is 47.6 Å². The largest absolute Gasteiger partial charge is 0.391 e. The van der Waals surface area contributed by atoms with Crippen LogP contribution in [0.2, 0.25) is 0 Å². The van der Waals surface area contributed by atoms with Crippen LogP contribution in [-0.4, -0.2) is 31.4 Å². The van der Waals surface area contributed by atoms with E-state index >= 15 is 0 Å². The first-order valence-electron chi connectivity index (χ1n) is 6.95. The van der Waals surface area contributed by atoms with Crippen molar-refractivity contribution in [3.8, 4) is 0 Å². The zero-order valence-corrected chi connectivity index (χ0v) is 12.6. The van der Waals surface area contributed by atoms with Gasteiger partial charge in [-0.25, -0.2) is 4.98 Å². The molecule has 3 rings (SSSR count). The molecule has 1 N–H and O–H groups in total. The highest BCUT2D eigenvalue weighted by molar-refractivity contribution is 7.15. The molecule has 0 radical (unpaired) electrons. The van der Waals surface area contributed by atoms with E-state index in [1.807, 2.05) is 0 Å². The molecule has 0 bridgehead atoms. The van der Waals surface area contributed by atoms with E-state index in [1.165, 1.54) is 0 Å². The number of aliphatic hydroxyl groups is 1. The number of aliphatic hydroxyl groups excluding tert-OH is 1. The van der Waals surface area contributed by atoms with Crippen LogP contribution in [0.4, 0.5) is 5.13 Å². The Kier molecular flexibility index (Phi) is 3.71. The van der Waals surface area contributed by atoms with Crippen LogP contribution in [0.5, 0.6) is 0 Å². The molecule has 7 heteroatoms. The van der Waals surface area contributed by atoms with Gasteiger partial charge in [0.15, 0.2) is 11.0 Å². The van der Waals surface area contributed by atoms with Crippen LogP contribution in [-0.2, 0) is 19.7 Å². The van der Waals surface area contributed by atoms with Gasteiger partial charge in [0.25, 0.3) is 0 Å². The zero-order chi connectivity index (χ0) is 14.1. The Morgan fingerprint density at radius 2 is 2.30 bits per heavy atom. The van der Waals surface area contributed by atoms with Crippen molar-refractivity contribution in [2.45, 2.75) is 45.9 Å². The fourth-order valence-corrected chi connectivity index (χ4v) is 3.47. The molecule has 3 heterocycles. The molecule has 108 valence electrons. The fraction of sp³-hybridized carbons (Fsp3) is 0.615. The standard InChI is InChI=1S/C13H19N5OS/c1-3-9(2)12-10(7-19)20-13(15-12)17-4-5-18-8-14-16-11(18)6-17/h8-9,19H,3-7H2,1-2H3. The van der Waals surface area contributed by atoms with Gasteiger partial charge in [0.2, 0.25) is 0 Å². The molecule has 0 spiro atoms. The molecule has 20 heavy (non-hydrogen) atoms. The summed E-state index contributed by atoms with van der Waals surface area (Å²) < 4.78 is 2.08. The molecule has 0 saturated heterocycles. The lowest BCUT2D eigenvalue weighted by Crippen LogP contribution is -2.33. The van der Waals surface area contributed by atoms with Crippen LogP contribution in [0.15, 0.2) is 6.33 Å². The molecule has 0 fully saturated rings. The van der Waals surface area contributed by atoms with Crippen LogP contribution in [0, 0.1) is 0 Å². The predicted molar refractivity (Wildman–Crippen MR) is 77.8 cm³/mol. The normalized spacial score (nSPS) is 16.2. The lowest BCUT2D eigenvalue weighted by atomic mass is 10.0. The summed E-state index contributed by atoms with van der Waals surface area (Å²) in [6.07, 6.45) is 2.81. The Hall–Kier alpha value is -1.47. The third kappa shape index (κ3) is 2.31. The number of hydrogen-bond acceptors (Lipinski definition) is 6. The predicted octanol–water partition coefficient (Wildman–Crippen LogP) is 1.76. The Morgan fingerprint density at radius 1 is 1.45 bits per heavy atom. The van der Waals surface area contributed by atoms with E-state index < -0.39 is 0 Å². The van der Waals surface area contributed by atoms with Crippen molar-refractivity contribution in [1.29, 1.82) is 0 Å².